The molecule has 17 heavy (non-hydrogen) atoms. The van der Waals surface area contributed by atoms with Gasteiger partial charge >= 0.3 is 0 Å². The standard InChI is InChI=1S/C13H11ClO2S/c1-9-5-10(8-17-9)13(15)7-16-12-4-2-3-11(14)6-12/h2-6,8H,7H2,1H3. The largest absolute Gasteiger partial charge is 0.485 e. The Morgan fingerprint density at radius 3 is 2.88 bits per heavy atom. The Labute approximate surface area is 109 Å². The molecule has 0 atom stereocenters. The van der Waals surface area contributed by atoms with E-state index in [1.165, 1.54) is 0 Å². The summed E-state index contributed by atoms with van der Waals surface area (Å²) in [5.74, 6) is 0.590. The second-order valence-electron chi connectivity index (χ2n) is 3.62. The van der Waals surface area contributed by atoms with Crippen molar-refractivity contribution in [1.82, 2.24) is 0 Å². The van der Waals surface area contributed by atoms with Crippen LogP contribution in [-0.2, 0) is 0 Å². The highest BCUT2D eigenvalue weighted by Gasteiger charge is 2.08. The van der Waals surface area contributed by atoms with Gasteiger partial charge in [-0.15, -0.1) is 11.3 Å². The van der Waals surface area contributed by atoms with Crippen molar-refractivity contribution >= 4 is 28.7 Å². The monoisotopic (exact) mass is 266 g/mol. The van der Waals surface area contributed by atoms with Crippen LogP contribution in [0.3, 0.4) is 0 Å². The molecule has 0 radical (unpaired) electrons. The minimum absolute atomic E-state index is 0.0191. The first-order valence-corrected chi connectivity index (χ1v) is 6.37. The molecule has 88 valence electrons. The maximum absolute atomic E-state index is 11.8. The van der Waals surface area contributed by atoms with Crippen LogP contribution in [0.4, 0.5) is 0 Å². The van der Waals surface area contributed by atoms with E-state index in [0.717, 1.165) is 4.88 Å². The number of hydrogen-bond acceptors (Lipinski definition) is 3. The van der Waals surface area contributed by atoms with Crippen molar-refractivity contribution in [3.63, 3.8) is 0 Å². The van der Waals surface area contributed by atoms with Crippen LogP contribution in [0, 0.1) is 6.92 Å². The van der Waals surface area contributed by atoms with E-state index in [-0.39, 0.29) is 12.4 Å². The van der Waals surface area contributed by atoms with Crippen LogP contribution in [-0.4, -0.2) is 12.4 Å². The van der Waals surface area contributed by atoms with Crippen molar-refractivity contribution in [2.24, 2.45) is 0 Å². The predicted octanol–water partition coefficient (Wildman–Crippen LogP) is 3.97. The van der Waals surface area contributed by atoms with Crippen molar-refractivity contribution in [3.8, 4) is 5.75 Å². The second kappa shape index (κ2) is 5.34. The number of Topliss-reactive ketones (excluding diaryl/α,β-unsaturated/α-hetero) is 1. The molecular formula is C13H11ClO2S. The maximum atomic E-state index is 11.8. The zero-order valence-corrected chi connectivity index (χ0v) is 10.8. The lowest BCUT2D eigenvalue weighted by Crippen LogP contribution is -2.10. The van der Waals surface area contributed by atoms with E-state index in [1.54, 1.807) is 35.6 Å². The number of rotatable bonds is 4. The zero-order chi connectivity index (χ0) is 12.3. The molecule has 1 aromatic carbocycles. The van der Waals surface area contributed by atoms with E-state index in [9.17, 15) is 4.79 Å². The van der Waals surface area contributed by atoms with E-state index >= 15 is 0 Å². The first kappa shape index (κ1) is 12.1. The molecule has 0 saturated carbocycles. The summed E-state index contributed by atoms with van der Waals surface area (Å²) >= 11 is 7.38. The molecule has 0 saturated heterocycles. The summed E-state index contributed by atoms with van der Waals surface area (Å²) in [6.07, 6.45) is 0. The van der Waals surface area contributed by atoms with Crippen LogP contribution in [0.1, 0.15) is 15.2 Å². The van der Waals surface area contributed by atoms with Crippen LogP contribution in [0.5, 0.6) is 5.75 Å². The van der Waals surface area contributed by atoms with Gasteiger partial charge in [0.25, 0.3) is 0 Å². The second-order valence-corrected chi connectivity index (χ2v) is 5.17. The number of carbonyl (C=O) groups excluding carboxylic acids is 1. The third kappa shape index (κ3) is 3.32. The summed E-state index contributed by atoms with van der Waals surface area (Å²) in [5, 5.41) is 2.44. The number of benzene rings is 1. The van der Waals surface area contributed by atoms with Crippen molar-refractivity contribution in [3.05, 3.63) is 51.2 Å². The van der Waals surface area contributed by atoms with Gasteiger partial charge in [0.05, 0.1) is 0 Å². The summed E-state index contributed by atoms with van der Waals surface area (Å²) in [4.78, 5) is 12.9. The van der Waals surface area contributed by atoms with E-state index in [2.05, 4.69) is 0 Å². The van der Waals surface area contributed by atoms with E-state index in [0.29, 0.717) is 16.3 Å². The number of carbonyl (C=O) groups is 1. The highest BCUT2D eigenvalue weighted by atomic mass is 35.5. The van der Waals surface area contributed by atoms with Gasteiger partial charge in [-0.05, 0) is 31.2 Å². The Morgan fingerprint density at radius 2 is 2.24 bits per heavy atom. The molecule has 2 rings (SSSR count). The lowest BCUT2D eigenvalue weighted by Gasteiger charge is -2.04. The first-order valence-electron chi connectivity index (χ1n) is 5.12. The summed E-state index contributed by atoms with van der Waals surface area (Å²) in [6, 6.07) is 8.88. The van der Waals surface area contributed by atoms with Crippen molar-refractivity contribution in [2.45, 2.75) is 6.92 Å². The first-order chi connectivity index (χ1) is 8.15. The summed E-state index contributed by atoms with van der Waals surface area (Å²) < 4.78 is 5.38. The molecule has 0 amide bonds. The Balaban J connectivity index is 1.97. The van der Waals surface area contributed by atoms with E-state index in [1.807, 2.05) is 18.4 Å². The van der Waals surface area contributed by atoms with Gasteiger partial charge in [-0.1, -0.05) is 17.7 Å². The highest BCUT2D eigenvalue weighted by Crippen LogP contribution is 2.18. The topological polar surface area (TPSA) is 26.3 Å². The molecule has 0 aliphatic carbocycles. The van der Waals surface area contributed by atoms with Gasteiger partial charge in [0.1, 0.15) is 5.75 Å². The molecule has 0 N–H and O–H groups in total. The number of hydrogen-bond donors (Lipinski definition) is 0. The normalized spacial score (nSPS) is 10.2. The molecule has 0 unspecified atom stereocenters. The molecule has 2 nitrogen and oxygen atoms in total. The van der Waals surface area contributed by atoms with E-state index in [4.69, 9.17) is 16.3 Å². The Kier molecular flexibility index (Phi) is 3.82. The van der Waals surface area contributed by atoms with Gasteiger partial charge in [-0.2, -0.15) is 0 Å². The molecule has 0 spiro atoms. The molecular weight excluding hydrogens is 256 g/mol. The highest BCUT2D eigenvalue weighted by molar-refractivity contribution is 7.10. The number of ether oxygens (including phenoxy) is 1. The summed E-state index contributed by atoms with van der Waals surface area (Å²) in [7, 11) is 0. The number of thiophene rings is 1. The van der Waals surface area contributed by atoms with Gasteiger partial charge in [0.15, 0.2) is 6.61 Å². The quantitative estimate of drug-likeness (QED) is 0.783. The Morgan fingerprint density at radius 1 is 1.41 bits per heavy atom. The van der Waals surface area contributed by atoms with Crippen molar-refractivity contribution < 1.29 is 9.53 Å². The van der Waals surface area contributed by atoms with Crippen LogP contribution < -0.4 is 4.74 Å². The summed E-state index contributed by atoms with van der Waals surface area (Å²) in [5.41, 5.74) is 0.703. The van der Waals surface area contributed by atoms with Crippen LogP contribution >= 0.6 is 22.9 Å². The third-order valence-electron chi connectivity index (χ3n) is 2.22. The molecule has 0 aliphatic heterocycles. The summed E-state index contributed by atoms with van der Waals surface area (Å²) in [6.45, 7) is 2.01. The maximum Gasteiger partial charge on any atom is 0.201 e. The van der Waals surface area contributed by atoms with Crippen molar-refractivity contribution in [2.75, 3.05) is 6.61 Å². The fraction of sp³-hybridized carbons (Fsp3) is 0.154. The molecule has 4 heteroatoms. The average molecular weight is 267 g/mol. The molecule has 0 bridgehead atoms. The molecule has 0 aliphatic rings. The minimum atomic E-state index is -0.0191. The lowest BCUT2D eigenvalue weighted by atomic mass is 10.2. The third-order valence-corrected chi connectivity index (χ3v) is 3.32. The predicted molar refractivity (Wildman–Crippen MR) is 70.3 cm³/mol. The van der Waals surface area contributed by atoms with Gasteiger partial charge in [0, 0.05) is 20.8 Å². The van der Waals surface area contributed by atoms with Crippen LogP contribution in [0.2, 0.25) is 5.02 Å². The lowest BCUT2D eigenvalue weighted by molar-refractivity contribution is 0.0922. The number of aryl methyl sites for hydroxylation is 1. The van der Waals surface area contributed by atoms with Gasteiger partial charge < -0.3 is 4.74 Å². The van der Waals surface area contributed by atoms with Gasteiger partial charge in [-0.25, -0.2) is 0 Å². The Hall–Kier alpha value is -1.32. The number of halogens is 1. The minimum Gasteiger partial charge on any atom is -0.485 e. The SMILES string of the molecule is Cc1cc(C(=O)COc2cccc(Cl)c2)cs1. The molecule has 1 heterocycles. The fourth-order valence-electron chi connectivity index (χ4n) is 1.38. The number of ketones is 1. The van der Waals surface area contributed by atoms with Crippen molar-refractivity contribution in [1.29, 1.82) is 0 Å². The smallest absolute Gasteiger partial charge is 0.201 e. The molecule has 0 fully saturated rings. The molecule has 1 aromatic heterocycles. The van der Waals surface area contributed by atoms with Gasteiger partial charge in [-0.3, -0.25) is 4.79 Å². The fourth-order valence-corrected chi connectivity index (χ4v) is 2.27. The van der Waals surface area contributed by atoms with Gasteiger partial charge in [0.2, 0.25) is 5.78 Å². The average Bonchev–Trinajstić information content (AvgIpc) is 2.73. The zero-order valence-electron chi connectivity index (χ0n) is 9.27. The van der Waals surface area contributed by atoms with Crippen LogP contribution in [0.15, 0.2) is 35.7 Å². The molecule has 2 aromatic rings. The van der Waals surface area contributed by atoms with Crippen LogP contribution in [0.25, 0.3) is 0 Å². The Bertz CT molecular complexity index is 534. The van der Waals surface area contributed by atoms with E-state index < -0.39 is 0 Å².